The summed E-state index contributed by atoms with van der Waals surface area (Å²) in [6.45, 7) is 0.321. The number of hydrogen-bond acceptors (Lipinski definition) is 8. The predicted molar refractivity (Wildman–Crippen MR) is 141 cm³/mol. The molecule has 1 aromatic heterocycles. The van der Waals surface area contributed by atoms with E-state index < -0.39 is 11.9 Å². The quantitative estimate of drug-likeness (QED) is 0.313. The maximum absolute atomic E-state index is 13.9. The van der Waals surface area contributed by atoms with E-state index in [0.717, 1.165) is 10.0 Å². The highest BCUT2D eigenvalue weighted by Gasteiger charge is 2.43. The average molecular weight is 580 g/mol. The third kappa shape index (κ3) is 3.75. The monoisotopic (exact) mass is 579 g/mol. The first-order valence-corrected chi connectivity index (χ1v) is 12.5. The Morgan fingerprint density at radius 1 is 0.921 bits per heavy atom. The molecule has 3 aromatic carbocycles. The molecule has 2 aliphatic heterocycles. The van der Waals surface area contributed by atoms with E-state index in [1.807, 2.05) is 12.1 Å². The van der Waals surface area contributed by atoms with Crippen LogP contribution in [0.3, 0.4) is 0 Å². The van der Waals surface area contributed by atoms with Crippen LogP contribution in [-0.2, 0) is 6.54 Å². The summed E-state index contributed by atoms with van der Waals surface area (Å²) in [5, 5.41) is 0.369. The van der Waals surface area contributed by atoms with Gasteiger partial charge in [-0.25, -0.2) is 0 Å². The standard InChI is InChI=1S/C28H22BrNO8/c1-33-21-9-15(10-22(34-2)26(21)35-3)24-23-25(31)17-11-16(29)5-7-18(17)38-27(23)28(32)30(24)12-14-4-6-19-20(8-14)37-13-36-19/h4-11,24H,12-13H2,1-3H3. The van der Waals surface area contributed by atoms with Crippen molar-refractivity contribution >= 4 is 32.8 Å². The number of rotatable bonds is 6. The molecule has 1 amide bonds. The van der Waals surface area contributed by atoms with Gasteiger partial charge >= 0.3 is 0 Å². The Morgan fingerprint density at radius 2 is 1.66 bits per heavy atom. The highest BCUT2D eigenvalue weighted by Crippen LogP contribution is 2.46. The molecule has 0 saturated carbocycles. The number of halogens is 1. The van der Waals surface area contributed by atoms with Gasteiger partial charge in [-0.3, -0.25) is 9.59 Å². The van der Waals surface area contributed by atoms with Gasteiger partial charge in [0.2, 0.25) is 18.3 Å². The zero-order valence-electron chi connectivity index (χ0n) is 20.7. The summed E-state index contributed by atoms with van der Waals surface area (Å²) in [6.07, 6.45) is 0. The first-order valence-electron chi connectivity index (χ1n) is 11.7. The lowest BCUT2D eigenvalue weighted by Crippen LogP contribution is -2.29. The molecule has 0 aliphatic carbocycles. The van der Waals surface area contributed by atoms with Gasteiger partial charge < -0.3 is 33.0 Å². The molecule has 38 heavy (non-hydrogen) atoms. The van der Waals surface area contributed by atoms with Crippen molar-refractivity contribution in [3.8, 4) is 28.7 Å². The van der Waals surface area contributed by atoms with Crippen LogP contribution in [0.25, 0.3) is 11.0 Å². The van der Waals surface area contributed by atoms with Crippen LogP contribution in [0.5, 0.6) is 28.7 Å². The van der Waals surface area contributed by atoms with Gasteiger partial charge in [0.25, 0.3) is 5.91 Å². The number of carbonyl (C=O) groups excluding carboxylic acids is 1. The minimum atomic E-state index is -0.781. The fraction of sp³-hybridized carbons (Fsp3) is 0.214. The Balaban J connectivity index is 1.56. The molecule has 0 radical (unpaired) electrons. The van der Waals surface area contributed by atoms with Crippen molar-refractivity contribution in [2.75, 3.05) is 28.1 Å². The smallest absolute Gasteiger partial charge is 0.291 e. The average Bonchev–Trinajstić information content (AvgIpc) is 3.51. The number of methoxy groups -OCH3 is 3. The van der Waals surface area contributed by atoms with Gasteiger partial charge in [0.05, 0.1) is 38.3 Å². The van der Waals surface area contributed by atoms with Crippen LogP contribution in [0, 0.1) is 0 Å². The fourth-order valence-corrected chi connectivity index (χ4v) is 5.36. The Labute approximate surface area is 225 Å². The number of benzene rings is 3. The summed E-state index contributed by atoms with van der Waals surface area (Å²) in [4.78, 5) is 29.4. The third-order valence-corrected chi connectivity index (χ3v) is 7.21. The van der Waals surface area contributed by atoms with Crippen LogP contribution < -0.4 is 29.1 Å². The van der Waals surface area contributed by atoms with E-state index >= 15 is 0 Å². The first-order chi connectivity index (χ1) is 18.4. The molecule has 0 spiro atoms. The minimum absolute atomic E-state index is 0.00400. The SMILES string of the molecule is COc1cc(C2c3c(oc4ccc(Br)cc4c3=O)C(=O)N2Cc2ccc3c(c2)OCO3)cc(OC)c1OC. The Kier molecular flexibility index (Phi) is 5.91. The normalized spacial score (nSPS) is 15.6. The molecule has 9 nitrogen and oxygen atoms in total. The lowest BCUT2D eigenvalue weighted by molar-refractivity contribution is 0.0713. The molecule has 2 aliphatic rings. The van der Waals surface area contributed by atoms with Crippen molar-refractivity contribution in [1.82, 2.24) is 4.90 Å². The van der Waals surface area contributed by atoms with Gasteiger partial charge in [0.1, 0.15) is 5.58 Å². The van der Waals surface area contributed by atoms with Crippen molar-refractivity contribution in [1.29, 1.82) is 0 Å². The molecular weight excluding hydrogens is 558 g/mol. The lowest BCUT2D eigenvalue weighted by Gasteiger charge is -2.26. The van der Waals surface area contributed by atoms with Gasteiger partial charge in [-0.1, -0.05) is 22.0 Å². The summed E-state index contributed by atoms with van der Waals surface area (Å²) in [6, 6.07) is 13.3. The molecule has 194 valence electrons. The summed E-state index contributed by atoms with van der Waals surface area (Å²) >= 11 is 3.43. The third-order valence-electron chi connectivity index (χ3n) is 6.72. The molecule has 4 aromatic rings. The van der Waals surface area contributed by atoms with Crippen LogP contribution in [0.15, 0.2) is 62.2 Å². The zero-order valence-corrected chi connectivity index (χ0v) is 22.3. The highest BCUT2D eigenvalue weighted by atomic mass is 79.9. The van der Waals surface area contributed by atoms with Gasteiger partial charge in [0.15, 0.2) is 28.4 Å². The van der Waals surface area contributed by atoms with Crippen LogP contribution >= 0.6 is 15.9 Å². The number of ether oxygens (including phenoxy) is 5. The van der Waals surface area contributed by atoms with E-state index in [0.29, 0.717) is 45.3 Å². The topological polar surface area (TPSA) is 96.7 Å². The van der Waals surface area contributed by atoms with Gasteiger partial charge in [0, 0.05) is 11.0 Å². The summed E-state index contributed by atoms with van der Waals surface area (Å²) in [5.74, 6) is 2.04. The van der Waals surface area contributed by atoms with E-state index in [1.54, 1.807) is 41.3 Å². The molecule has 3 heterocycles. The van der Waals surface area contributed by atoms with Crippen molar-refractivity contribution in [2.24, 2.45) is 0 Å². The largest absolute Gasteiger partial charge is 0.493 e. The van der Waals surface area contributed by atoms with Crippen molar-refractivity contribution in [3.05, 3.63) is 85.7 Å². The Morgan fingerprint density at radius 3 is 2.37 bits per heavy atom. The second kappa shape index (κ2) is 9.29. The maximum atomic E-state index is 13.9. The van der Waals surface area contributed by atoms with Crippen LogP contribution in [0.1, 0.15) is 33.3 Å². The van der Waals surface area contributed by atoms with E-state index in [4.69, 9.17) is 28.1 Å². The van der Waals surface area contributed by atoms with Crippen LogP contribution in [0.4, 0.5) is 0 Å². The summed E-state index contributed by atoms with van der Waals surface area (Å²) in [5.41, 5.74) is 1.69. The van der Waals surface area contributed by atoms with Gasteiger partial charge in [-0.15, -0.1) is 0 Å². The summed E-state index contributed by atoms with van der Waals surface area (Å²) < 4.78 is 34.4. The van der Waals surface area contributed by atoms with Crippen molar-refractivity contribution < 1.29 is 32.9 Å². The number of hydrogen-bond donors (Lipinski definition) is 0. The second-order valence-electron chi connectivity index (χ2n) is 8.80. The highest BCUT2D eigenvalue weighted by molar-refractivity contribution is 9.10. The maximum Gasteiger partial charge on any atom is 0.291 e. The number of carbonyl (C=O) groups is 1. The Hall–Kier alpha value is -4.18. The Bertz CT molecular complexity index is 1640. The van der Waals surface area contributed by atoms with E-state index in [-0.39, 0.29) is 30.1 Å². The van der Waals surface area contributed by atoms with Crippen LogP contribution in [-0.4, -0.2) is 38.9 Å². The molecule has 6 rings (SSSR count). The molecular formula is C28H22BrNO8. The van der Waals surface area contributed by atoms with Crippen molar-refractivity contribution in [3.63, 3.8) is 0 Å². The second-order valence-corrected chi connectivity index (χ2v) is 9.71. The number of amides is 1. The van der Waals surface area contributed by atoms with Gasteiger partial charge in [-0.05, 0) is 53.6 Å². The van der Waals surface area contributed by atoms with E-state index in [2.05, 4.69) is 15.9 Å². The molecule has 0 N–H and O–H groups in total. The van der Waals surface area contributed by atoms with E-state index in [1.165, 1.54) is 21.3 Å². The van der Waals surface area contributed by atoms with E-state index in [9.17, 15) is 9.59 Å². The predicted octanol–water partition coefficient (Wildman–Crippen LogP) is 5.06. The molecule has 0 saturated heterocycles. The minimum Gasteiger partial charge on any atom is -0.493 e. The van der Waals surface area contributed by atoms with Crippen molar-refractivity contribution in [2.45, 2.75) is 12.6 Å². The van der Waals surface area contributed by atoms with Crippen LogP contribution in [0.2, 0.25) is 0 Å². The fourth-order valence-electron chi connectivity index (χ4n) is 5.00. The molecule has 0 bridgehead atoms. The van der Waals surface area contributed by atoms with Gasteiger partial charge in [-0.2, -0.15) is 0 Å². The lowest BCUT2D eigenvalue weighted by atomic mass is 9.97. The summed E-state index contributed by atoms with van der Waals surface area (Å²) in [7, 11) is 4.54. The molecule has 10 heteroatoms. The zero-order chi connectivity index (χ0) is 26.6. The number of nitrogens with zero attached hydrogens (tertiary/aromatic N) is 1. The number of fused-ring (bicyclic) bond motifs is 3. The molecule has 0 fully saturated rings. The first kappa shape index (κ1) is 24.2. The molecule has 1 atom stereocenters. The molecule has 1 unspecified atom stereocenters.